The molecule has 1 N–H and O–H groups in total. The van der Waals surface area contributed by atoms with E-state index >= 15 is 0 Å². The van der Waals surface area contributed by atoms with E-state index in [0.717, 1.165) is 25.9 Å². The maximum absolute atomic E-state index is 12.7. The first kappa shape index (κ1) is 13.9. The quantitative estimate of drug-likeness (QED) is 0.848. The maximum Gasteiger partial charge on any atom is 0.253 e. The molecular weight excluding hydrogens is 245 g/mol. The molecule has 0 radical (unpaired) electrons. The molecule has 0 aliphatic carbocycles. The first-order valence-electron chi connectivity index (χ1n) is 6.72. The lowest BCUT2D eigenvalue weighted by atomic mass is 10.0. The molecule has 19 heavy (non-hydrogen) atoms. The van der Waals surface area contributed by atoms with Crippen LogP contribution in [0.2, 0.25) is 0 Å². The fourth-order valence-electron chi connectivity index (χ4n) is 2.34. The van der Waals surface area contributed by atoms with Gasteiger partial charge in [-0.1, -0.05) is 0 Å². The number of hydrogen-bond acceptors (Lipinski definition) is 3. The van der Waals surface area contributed by atoms with Gasteiger partial charge >= 0.3 is 0 Å². The van der Waals surface area contributed by atoms with Gasteiger partial charge in [-0.15, -0.1) is 0 Å². The van der Waals surface area contributed by atoms with Crippen LogP contribution in [0.15, 0.2) is 18.3 Å². The summed E-state index contributed by atoms with van der Waals surface area (Å²) in [6.45, 7) is 6.38. The van der Waals surface area contributed by atoms with Crippen molar-refractivity contribution in [2.45, 2.75) is 38.8 Å². The van der Waals surface area contributed by atoms with Crippen molar-refractivity contribution in [3.63, 3.8) is 0 Å². The zero-order valence-corrected chi connectivity index (χ0v) is 11.4. The molecule has 0 spiro atoms. The summed E-state index contributed by atoms with van der Waals surface area (Å²) in [6, 6.07) is 3.42. The number of carbonyl (C=O) groups excluding carboxylic acids is 1. The molecule has 2 rings (SSSR count). The highest BCUT2D eigenvalue weighted by molar-refractivity contribution is 5.94. The summed E-state index contributed by atoms with van der Waals surface area (Å²) >= 11 is 0. The van der Waals surface area contributed by atoms with Crippen molar-refractivity contribution in [2.24, 2.45) is 0 Å². The van der Waals surface area contributed by atoms with E-state index in [1.807, 2.05) is 0 Å². The third-order valence-corrected chi connectivity index (χ3v) is 3.58. The SMILES string of the molecule is CC(C)N1CCC(NC(=O)c2ccc(F)nc2)CC1. The van der Waals surface area contributed by atoms with E-state index in [1.54, 1.807) is 0 Å². The molecule has 1 aliphatic rings. The second-order valence-corrected chi connectivity index (χ2v) is 5.25. The monoisotopic (exact) mass is 265 g/mol. The standard InChI is InChI=1S/C14H20FN3O/c1-10(2)18-7-5-12(6-8-18)17-14(19)11-3-4-13(15)16-9-11/h3-4,9-10,12H,5-8H2,1-2H3,(H,17,19). The third-order valence-electron chi connectivity index (χ3n) is 3.58. The number of halogens is 1. The highest BCUT2D eigenvalue weighted by Crippen LogP contribution is 2.13. The fourth-order valence-corrected chi connectivity index (χ4v) is 2.34. The molecule has 0 aromatic carbocycles. The predicted molar refractivity (Wildman–Crippen MR) is 71.4 cm³/mol. The van der Waals surface area contributed by atoms with E-state index in [-0.39, 0.29) is 11.9 Å². The lowest BCUT2D eigenvalue weighted by molar-refractivity contribution is 0.0900. The third kappa shape index (κ3) is 3.73. The largest absolute Gasteiger partial charge is 0.349 e. The summed E-state index contributed by atoms with van der Waals surface area (Å²) in [7, 11) is 0. The van der Waals surface area contributed by atoms with E-state index in [1.165, 1.54) is 18.3 Å². The van der Waals surface area contributed by atoms with Gasteiger partial charge in [0.2, 0.25) is 5.95 Å². The van der Waals surface area contributed by atoms with Crippen molar-refractivity contribution >= 4 is 5.91 Å². The maximum atomic E-state index is 12.7. The van der Waals surface area contributed by atoms with Crippen molar-refractivity contribution in [1.82, 2.24) is 15.2 Å². The van der Waals surface area contributed by atoms with Gasteiger partial charge in [-0.3, -0.25) is 4.79 Å². The molecule has 0 unspecified atom stereocenters. The lowest BCUT2D eigenvalue weighted by Crippen LogP contribution is -2.46. The smallest absolute Gasteiger partial charge is 0.253 e. The van der Waals surface area contributed by atoms with Crippen LogP contribution < -0.4 is 5.32 Å². The van der Waals surface area contributed by atoms with Crippen molar-refractivity contribution in [3.8, 4) is 0 Å². The number of piperidine rings is 1. The fraction of sp³-hybridized carbons (Fsp3) is 0.571. The number of aromatic nitrogens is 1. The number of carbonyl (C=O) groups is 1. The molecule has 0 bridgehead atoms. The number of nitrogens with one attached hydrogen (secondary N) is 1. The van der Waals surface area contributed by atoms with E-state index in [4.69, 9.17) is 0 Å². The first-order valence-corrected chi connectivity index (χ1v) is 6.72. The van der Waals surface area contributed by atoms with E-state index in [0.29, 0.717) is 11.6 Å². The van der Waals surface area contributed by atoms with Gasteiger partial charge in [0.1, 0.15) is 0 Å². The summed E-state index contributed by atoms with van der Waals surface area (Å²) in [5, 5.41) is 2.99. The van der Waals surface area contributed by atoms with Crippen molar-refractivity contribution < 1.29 is 9.18 Å². The molecule has 1 aromatic rings. The van der Waals surface area contributed by atoms with Crippen molar-refractivity contribution in [1.29, 1.82) is 0 Å². The summed E-state index contributed by atoms with van der Waals surface area (Å²) in [5.41, 5.74) is 0.410. The van der Waals surface area contributed by atoms with Crippen LogP contribution in [0.25, 0.3) is 0 Å². The molecule has 4 nitrogen and oxygen atoms in total. The highest BCUT2D eigenvalue weighted by atomic mass is 19.1. The Morgan fingerprint density at radius 1 is 1.42 bits per heavy atom. The van der Waals surface area contributed by atoms with Crippen molar-refractivity contribution in [3.05, 3.63) is 29.8 Å². The van der Waals surface area contributed by atoms with Gasteiger partial charge in [-0.05, 0) is 38.8 Å². The second-order valence-electron chi connectivity index (χ2n) is 5.25. The van der Waals surface area contributed by atoms with E-state index < -0.39 is 5.95 Å². The molecule has 2 heterocycles. The van der Waals surface area contributed by atoms with Crippen LogP contribution in [-0.4, -0.2) is 41.0 Å². The van der Waals surface area contributed by atoms with Crippen LogP contribution in [0, 0.1) is 5.95 Å². The zero-order valence-electron chi connectivity index (χ0n) is 11.4. The summed E-state index contributed by atoms with van der Waals surface area (Å²) < 4.78 is 12.7. The molecule has 5 heteroatoms. The Bertz CT molecular complexity index is 425. The van der Waals surface area contributed by atoms with Gasteiger partial charge in [0.25, 0.3) is 5.91 Å². The Morgan fingerprint density at radius 3 is 2.63 bits per heavy atom. The summed E-state index contributed by atoms with van der Waals surface area (Å²) in [5.74, 6) is -0.739. The minimum Gasteiger partial charge on any atom is -0.349 e. The minimum absolute atomic E-state index is 0.171. The van der Waals surface area contributed by atoms with Crippen LogP contribution in [0.3, 0.4) is 0 Å². The molecule has 1 saturated heterocycles. The molecule has 104 valence electrons. The molecule has 0 atom stereocenters. The van der Waals surface area contributed by atoms with Gasteiger partial charge in [0.15, 0.2) is 0 Å². The van der Waals surface area contributed by atoms with Gasteiger partial charge in [0, 0.05) is 31.4 Å². The molecule has 0 saturated carbocycles. The van der Waals surface area contributed by atoms with Gasteiger partial charge in [-0.2, -0.15) is 4.39 Å². The van der Waals surface area contributed by atoms with Crippen LogP contribution in [0.5, 0.6) is 0 Å². The number of pyridine rings is 1. The average molecular weight is 265 g/mol. The van der Waals surface area contributed by atoms with Gasteiger partial charge in [0.05, 0.1) is 5.56 Å². The molecule has 1 amide bonds. The number of hydrogen-bond donors (Lipinski definition) is 1. The first-order chi connectivity index (χ1) is 9.06. The zero-order chi connectivity index (χ0) is 13.8. The molecule has 1 fully saturated rings. The van der Waals surface area contributed by atoms with E-state index in [9.17, 15) is 9.18 Å². The van der Waals surface area contributed by atoms with E-state index in [2.05, 4.69) is 29.0 Å². The van der Waals surface area contributed by atoms with Crippen LogP contribution in [0.4, 0.5) is 4.39 Å². The van der Waals surface area contributed by atoms with Crippen molar-refractivity contribution in [2.75, 3.05) is 13.1 Å². The highest BCUT2D eigenvalue weighted by Gasteiger charge is 2.22. The Balaban J connectivity index is 1.85. The van der Waals surface area contributed by atoms with Gasteiger partial charge in [-0.25, -0.2) is 4.98 Å². The molecule has 1 aromatic heterocycles. The summed E-state index contributed by atoms with van der Waals surface area (Å²) in [4.78, 5) is 17.9. The number of likely N-dealkylation sites (tertiary alicyclic amines) is 1. The van der Waals surface area contributed by atoms with Crippen LogP contribution in [-0.2, 0) is 0 Å². The summed E-state index contributed by atoms with van der Waals surface area (Å²) in [6.07, 6.45) is 3.19. The Kier molecular flexibility index (Phi) is 4.47. The predicted octanol–water partition coefficient (Wildman–Crippen LogP) is 1.82. The molecule has 1 aliphatic heterocycles. The Labute approximate surface area is 113 Å². The Hall–Kier alpha value is -1.49. The molecular formula is C14H20FN3O. The number of rotatable bonds is 3. The average Bonchev–Trinajstić information content (AvgIpc) is 2.40. The number of nitrogens with zero attached hydrogens (tertiary/aromatic N) is 2. The second kappa shape index (κ2) is 6.10. The number of amides is 1. The minimum atomic E-state index is -0.568. The normalized spacial score (nSPS) is 17.7. The van der Waals surface area contributed by atoms with Gasteiger partial charge < -0.3 is 10.2 Å². The van der Waals surface area contributed by atoms with Crippen LogP contribution in [0.1, 0.15) is 37.0 Å². The lowest BCUT2D eigenvalue weighted by Gasteiger charge is -2.34. The Morgan fingerprint density at radius 2 is 2.11 bits per heavy atom. The topological polar surface area (TPSA) is 45.2 Å². The van der Waals surface area contributed by atoms with Crippen LogP contribution >= 0.6 is 0 Å².